The Kier molecular flexibility index (Phi) is 8.85. The van der Waals surface area contributed by atoms with Crippen LogP contribution in [0.3, 0.4) is 0 Å². The summed E-state index contributed by atoms with van der Waals surface area (Å²) in [6, 6.07) is 22.0. The molecular formula is C35H41N5O3. The normalized spacial score (nSPS) is 13.9. The van der Waals surface area contributed by atoms with Crippen LogP contribution >= 0.6 is 0 Å². The molecular weight excluding hydrogens is 538 g/mol. The molecule has 8 heteroatoms. The van der Waals surface area contributed by atoms with Gasteiger partial charge < -0.3 is 19.9 Å². The van der Waals surface area contributed by atoms with E-state index in [1.807, 2.05) is 81.8 Å². The van der Waals surface area contributed by atoms with E-state index in [4.69, 9.17) is 4.74 Å². The molecule has 3 aromatic carbocycles. The van der Waals surface area contributed by atoms with Crippen LogP contribution < -0.4 is 10.2 Å². The summed E-state index contributed by atoms with van der Waals surface area (Å²) in [6.45, 7) is 9.94. The van der Waals surface area contributed by atoms with Crippen molar-refractivity contribution in [2.45, 2.75) is 52.3 Å². The van der Waals surface area contributed by atoms with Crippen LogP contribution in [0.5, 0.6) is 0 Å². The average molecular weight is 580 g/mol. The molecule has 2 amide bonds. The molecule has 1 atom stereocenters. The van der Waals surface area contributed by atoms with Crippen molar-refractivity contribution in [1.29, 1.82) is 0 Å². The lowest BCUT2D eigenvalue weighted by molar-refractivity contribution is 0.0855. The van der Waals surface area contributed by atoms with Gasteiger partial charge >= 0.3 is 6.09 Å². The fourth-order valence-electron chi connectivity index (χ4n) is 5.29. The molecule has 4 aromatic rings. The van der Waals surface area contributed by atoms with Crippen LogP contribution in [0.1, 0.15) is 65.3 Å². The summed E-state index contributed by atoms with van der Waals surface area (Å²) in [5, 5.41) is 7.56. The number of nitrogens with one attached hydrogen (secondary N) is 1. The van der Waals surface area contributed by atoms with Gasteiger partial charge in [-0.25, -0.2) is 4.79 Å². The molecule has 1 aromatic heterocycles. The first kappa shape index (κ1) is 29.9. The van der Waals surface area contributed by atoms with Gasteiger partial charge in [0.15, 0.2) is 0 Å². The number of amides is 2. The minimum atomic E-state index is -0.334. The predicted octanol–water partition coefficient (Wildman–Crippen LogP) is 6.47. The van der Waals surface area contributed by atoms with Gasteiger partial charge in [0.2, 0.25) is 0 Å². The van der Waals surface area contributed by atoms with Gasteiger partial charge in [-0.3, -0.25) is 9.48 Å². The molecule has 1 N–H and O–H groups in total. The third-order valence-electron chi connectivity index (χ3n) is 8.26. The third kappa shape index (κ3) is 6.91. The number of benzene rings is 3. The number of carbonyl (C=O) groups is 2. The number of nitrogens with zero attached hydrogens (tertiary/aromatic N) is 4. The molecule has 0 unspecified atom stereocenters. The summed E-state index contributed by atoms with van der Waals surface area (Å²) in [5.74, 6) is 0.241. The summed E-state index contributed by atoms with van der Waals surface area (Å²) in [5.41, 5.74) is 7.91. The Labute approximate surface area is 254 Å². The Balaban J connectivity index is 1.23. The maximum absolute atomic E-state index is 13.5. The van der Waals surface area contributed by atoms with Gasteiger partial charge in [0.05, 0.1) is 18.3 Å². The van der Waals surface area contributed by atoms with E-state index in [1.165, 1.54) is 5.56 Å². The minimum absolute atomic E-state index is 0.0455. The largest absolute Gasteiger partial charge is 0.445 e. The van der Waals surface area contributed by atoms with Gasteiger partial charge in [-0.2, -0.15) is 5.10 Å². The van der Waals surface area contributed by atoms with Crippen molar-refractivity contribution in [1.82, 2.24) is 20.0 Å². The molecule has 8 nitrogen and oxygen atoms in total. The predicted molar refractivity (Wildman–Crippen MR) is 170 cm³/mol. The quantitative estimate of drug-likeness (QED) is 0.246. The summed E-state index contributed by atoms with van der Waals surface area (Å²) < 4.78 is 7.29. The van der Waals surface area contributed by atoms with E-state index in [-0.39, 0.29) is 30.7 Å². The highest BCUT2D eigenvalue weighted by Gasteiger charge is 2.33. The van der Waals surface area contributed by atoms with Crippen LogP contribution in [0.15, 0.2) is 79.1 Å². The SMILES string of the molecule is Cc1ccc(N2CC(N(C)C(=O)OCc3ccccc3)C2)cc1C(=O)N[C@H](C)c1cc(-c2cnn(C)c2)cc(C(C)C)c1. The fraction of sp³-hybridized carbons (Fsp3) is 0.343. The Bertz CT molecular complexity index is 1590. The molecule has 1 fully saturated rings. The van der Waals surface area contributed by atoms with Crippen LogP contribution in [-0.2, 0) is 18.4 Å². The van der Waals surface area contributed by atoms with E-state index >= 15 is 0 Å². The van der Waals surface area contributed by atoms with Crippen molar-refractivity contribution in [2.24, 2.45) is 7.05 Å². The van der Waals surface area contributed by atoms with Gasteiger partial charge in [-0.15, -0.1) is 0 Å². The highest BCUT2D eigenvalue weighted by atomic mass is 16.6. The smallest absolute Gasteiger partial charge is 0.410 e. The van der Waals surface area contributed by atoms with Crippen LogP contribution in [0.4, 0.5) is 10.5 Å². The lowest BCUT2D eigenvalue weighted by Gasteiger charge is -2.45. The molecule has 1 saturated heterocycles. The van der Waals surface area contributed by atoms with E-state index in [0.717, 1.165) is 33.5 Å². The molecule has 1 aliphatic rings. The van der Waals surface area contributed by atoms with Gasteiger partial charge in [0.1, 0.15) is 6.61 Å². The van der Waals surface area contributed by atoms with E-state index < -0.39 is 0 Å². The number of ether oxygens (including phenoxy) is 1. The fourth-order valence-corrected chi connectivity index (χ4v) is 5.29. The van der Waals surface area contributed by atoms with Crippen molar-refractivity contribution in [2.75, 3.05) is 25.0 Å². The first-order valence-electron chi connectivity index (χ1n) is 14.8. The number of hydrogen-bond acceptors (Lipinski definition) is 5. The highest BCUT2D eigenvalue weighted by molar-refractivity contribution is 5.97. The zero-order valence-corrected chi connectivity index (χ0v) is 25.9. The highest BCUT2D eigenvalue weighted by Crippen LogP contribution is 2.30. The topological polar surface area (TPSA) is 79.7 Å². The molecule has 0 radical (unpaired) electrons. The average Bonchev–Trinajstić information content (AvgIpc) is 3.42. The van der Waals surface area contributed by atoms with Crippen LogP contribution in [0.2, 0.25) is 0 Å². The molecule has 0 spiro atoms. The standard InChI is InChI=1S/C35H41N5O3/c1-23(2)27-14-28(16-29(15-27)30-18-36-38(5)19-30)25(4)37-34(41)33-17-31(13-12-24(33)3)40-20-32(21-40)39(6)35(42)43-22-26-10-8-7-9-11-26/h7-19,23,25,32H,20-22H2,1-6H3,(H,37,41)/t25-/m1/s1. The van der Waals surface area contributed by atoms with Crippen molar-refractivity contribution in [3.8, 4) is 11.1 Å². The zero-order chi connectivity index (χ0) is 30.7. The minimum Gasteiger partial charge on any atom is -0.445 e. The molecule has 1 aliphatic heterocycles. The molecule has 0 saturated carbocycles. The second-order valence-electron chi connectivity index (χ2n) is 11.9. The summed E-state index contributed by atoms with van der Waals surface area (Å²) in [6.07, 6.45) is 3.54. The molecule has 0 aliphatic carbocycles. The Hall–Kier alpha value is -4.59. The van der Waals surface area contributed by atoms with Crippen molar-refractivity contribution in [3.05, 3.63) is 107 Å². The molecule has 2 heterocycles. The second-order valence-corrected chi connectivity index (χ2v) is 11.9. The maximum Gasteiger partial charge on any atom is 0.410 e. The van der Waals surface area contributed by atoms with Gasteiger partial charge in [0.25, 0.3) is 5.91 Å². The van der Waals surface area contributed by atoms with Crippen molar-refractivity contribution >= 4 is 17.7 Å². The van der Waals surface area contributed by atoms with E-state index in [9.17, 15) is 9.59 Å². The molecule has 5 rings (SSSR count). The number of hydrogen-bond donors (Lipinski definition) is 1. The van der Waals surface area contributed by atoms with Gasteiger partial charge in [-0.05, 0) is 65.8 Å². The maximum atomic E-state index is 13.5. The van der Waals surface area contributed by atoms with Gasteiger partial charge in [0, 0.05) is 50.2 Å². The van der Waals surface area contributed by atoms with E-state index in [2.05, 4.69) is 47.4 Å². The number of carbonyl (C=O) groups excluding carboxylic acids is 2. The van der Waals surface area contributed by atoms with Crippen molar-refractivity contribution < 1.29 is 14.3 Å². The lowest BCUT2D eigenvalue weighted by atomic mass is 9.93. The number of likely N-dealkylation sites (N-methyl/N-ethyl adjacent to an activating group) is 1. The van der Waals surface area contributed by atoms with Crippen LogP contribution in [-0.4, -0.2) is 52.9 Å². The second kappa shape index (κ2) is 12.7. The Morgan fingerprint density at radius 1 is 1.00 bits per heavy atom. The number of aromatic nitrogens is 2. The van der Waals surface area contributed by atoms with Crippen molar-refractivity contribution in [3.63, 3.8) is 0 Å². The van der Waals surface area contributed by atoms with E-state index in [1.54, 1.807) is 16.6 Å². The number of rotatable bonds is 9. The number of anilines is 1. The Morgan fingerprint density at radius 2 is 1.72 bits per heavy atom. The first-order valence-corrected chi connectivity index (χ1v) is 14.8. The third-order valence-corrected chi connectivity index (χ3v) is 8.26. The molecule has 43 heavy (non-hydrogen) atoms. The van der Waals surface area contributed by atoms with Crippen LogP contribution in [0.25, 0.3) is 11.1 Å². The molecule has 224 valence electrons. The number of aryl methyl sites for hydroxylation is 2. The first-order chi connectivity index (χ1) is 20.6. The summed E-state index contributed by atoms with van der Waals surface area (Å²) in [7, 11) is 3.69. The Morgan fingerprint density at radius 3 is 2.40 bits per heavy atom. The zero-order valence-electron chi connectivity index (χ0n) is 25.9. The molecule has 0 bridgehead atoms. The van der Waals surface area contributed by atoms with E-state index in [0.29, 0.717) is 24.6 Å². The van der Waals surface area contributed by atoms with Gasteiger partial charge in [-0.1, -0.05) is 62.4 Å². The van der Waals surface area contributed by atoms with Crippen LogP contribution in [0, 0.1) is 6.92 Å². The monoisotopic (exact) mass is 579 g/mol. The summed E-state index contributed by atoms with van der Waals surface area (Å²) in [4.78, 5) is 30.0. The lowest BCUT2D eigenvalue weighted by Crippen LogP contribution is -2.60. The summed E-state index contributed by atoms with van der Waals surface area (Å²) >= 11 is 0.